The van der Waals surface area contributed by atoms with Crippen LogP contribution < -0.4 is 5.32 Å². The third-order valence-electron chi connectivity index (χ3n) is 3.75. The van der Waals surface area contributed by atoms with Gasteiger partial charge in [-0.1, -0.05) is 0 Å². The Morgan fingerprint density at radius 1 is 1.47 bits per heavy atom. The Hall–Kier alpha value is -1.88. The lowest BCUT2D eigenvalue weighted by Crippen LogP contribution is -2.47. The number of amides is 1. The zero-order chi connectivity index (χ0) is 13.2. The summed E-state index contributed by atoms with van der Waals surface area (Å²) in [5, 5.41) is 3.26. The van der Waals surface area contributed by atoms with Crippen molar-refractivity contribution in [2.24, 2.45) is 0 Å². The molecule has 3 heterocycles. The summed E-state index contributed by atoms with van der Waals surface area (Å²) in [6.45, 7) is 1.64. The largest absolute Gasteiger partial charge is 0.337 e. The molecule has 19 heavy (non-hydrogen) atoms. The molecule has 1 aliphatic rings. The van der Waals surface area contributed by atoms with E-state index >= 15 is 0 Å². The molecule has 100 valence electrons. The maximum Gasteiger partial charge on any atom is 0.255 e. The van der Waals surface area contributed by atoms with Crippen LogP contribution in [0.2, 0.25) is 0 Å². The lowest BCUT2D eigenvalue weighted by molar-refractivity contribution is 0.0697. The number of hydrogen-bond donors (Lipinski definition) is 1. The fraction of sp³-hybridized carbons (Fsp3) is 0.429. The Bertz CT molecular complexity index is 592. The van der Waals surface area contributed by atoms with Crippen LogP contribution in [0.15, 0.2) is 30.7 Å². The first kappa shape index (κ1) is 12.2. The second kappa shape index (κ2) is 5.01. The number of imidazole rings is 1. The SMILES string of the molecule is CN[C@@H]1CCCN(C(=O)c2ccc3nccn3c2)C1. The number of likely N-dealkylation sites (N-methyl/N-ethyl adjacent to an activating group) is 1. The first-order valence-corrected chi connectivity index (χ1v) is 6.67. The highest BCUT2D eigenvalue weighted by molar-refractivity contribution is 5.94. The van der Waals surface area contributed by atoms with E-state index in [-0.39, 0.29) is 5.91 Å². The molecule has 3 rings (SSSR count). The van der Waals surface area contributed by atoms with E-state index in [4.69, 9.17) is 0 Å². The van der Waals surface area contributed by atoms with Crippen molar-refractivity contribution >= 4 is 11.6 Å². The molecule has 2 aromatic heterocycles. The van der Waals surface area contributed by atoms with Gasteiger partial charge in [-0.3, -0.25) is 4.79 Å². The second-order valence-electron chi connectivity index (χ2n) is 4.99. The summed E-state index contributed by atoms with van der Waals surface area (Å²) in [7, 11) is 1.95. The van der Waals surface area contributed by atoms with E-state index in [0.717, 1.165) is 37.1 Å². The summed E-state index contributed by atoms with van der Waals surface area (Å²) in [4.78, 5) is 18.6. The minimum absolute atomic E-state index is 0.107. The molecular weight excluding hydrogens is 240 g/mol. The predicted molar refractivity (Wildman–Crippen MR) is 73.2 cm³/mol. The predicted octanol–water partition coefficient (Wildman–Crippen LogP) is 1.16. The van der Waals surface area contributed by atoms with Crippen LogP contribution in [0.3, 0.4) is 0 Å². The average Bonchev–Trinajstić information content (AvgIpc) is 2.94. The molecule has 0 saturated carbocycles. The number of aromatic nitrogens is 2. The molecule has 0 radical (unpaired) electrons. The summed E-state index contributed by atoms with van der Waals surface area (Å²) < 4.78 is 1.88. The highest BCUT2D eigenvalue weighted by Crippen LogP contribution is 2.14. The molecule has 0 aromatic carbocycles. The van der Waals surface area contributed by atoms with Gasteiger partial charge in [-0.25, -0.2) is 4.98 Å². The monoisotopic (exact) mass is 258 g/mol. The summed E-state index contributed by atoms with van der Waals surface area (Å²) >= 11 is 0. The van der Waals surface area contributed by atoms with Crippen molar-refractivity contribution < 1.29 is 4.79 Å². The van der Waals surface area contributed by atoms with Gasteiger partial charge in [-0.2, -0.15) is 0 Å². The molecule has 1 N–H and O–H groups in total. The summed E-state index contributed by atoms with van der Waals surface area (Å²) in [5.74, 6) is 0.107. The number of carbonyl (C=O) groups is 1. The maximum absolute atomic E-state index is 12.5. The average molecular weight is 258 g/mol. The molecule has 0 aliphatic carbocycles. The highest BCUT2D eigenvalue weighted by Gasteiger charge is 2.23. The Balaban J connectivity index is 1.82. The van der Waals surface area contributed by atoms with E-state index in [2.05, 4.69) is 10.3 Å². The molecule has 1 saturated heterocycles. The Kier molecular flexibility index (Phi) is 3.21. The van der Waals surface area contributed by atoms with Crippen LogP contribution in [-0.4, -0.2) is 46.4 Å². The number of rotatable bonds is 2. The van der Waals surface area contributed by atoms with Gasteiger partial charge in [0.2, 0.25) is 0 Å². The van der Waals surface area contributed by atoms with Crippen molar-refractivity contribution in [3.8, 4) is 0 Å². The lowest BCUT2D eigenvalue weighted by atomic mass is 10.1. The first-order chi connectivity index (χ1) is 9.28. The molecule has 1 atom stereocenters. The van der Waals surface area contributed by atoms with Crippen molar-refractivity contribution in [1.29, 1.82) is 0 Å². The van der Waals surface area contributed by atoms with Crippen molar-refractivity contribution in [2.45, 2.75) is 18.9 Å². The lowest BCUT2D eigenvalue weighted by Gasteiger charge is -2.32. The van der Waals surface area contributed by atoms with Crippen molar-refractivity contribution in [3.05, 3.63) is 36.3 Å². The molecule has 5 heteroatoms. The van der Waals surface area contributed by atoms with Gasteiger partial charge in [0.1, 0.15) is 5.65 Å². The van der Waals surface area contributed by atoms with Crippen LogP contribution in [0.5, 0.6) is 0 Å². The number of piperidine rings is 1. The van der Waals surface area contributed by atoms with E-state index in [1.807, 2.05) is 40.9 Å². The zero-order valence-corrected chi connectivity index (χ0v) is 11.0. The Morgan fingerprint density at radius 2 is 2.37 bits per heavy atom. The van der Waals surface area contributed by atoms with Gasteiger partial charge >= 0.3 is 0 Å². The third-order valence-corrected chi connectivity index (χ3v) is 3.75. The molecule has 1 aliphatic heterocycles. The van der Waals surface area contributed by atoms with Gasteiger partial charge in [0.15, 0.2) is 0 Å². The number of carbonyl (C=O) groups excluding carboxylic acids is 1. The molecule has 0 unspecified atom stereocenters. The number of nitrogens with zero attached hydrogens (tertiary/aromatic N) is 3. The van der Waals surface area contributed by atoms with Crippen LogP contribution in [0.4, 0.5) is 0 Å². The van der Waals surface area contributed by atoms with Crippen LogP contribution in [0.25, 0.3) is 5.65 Å². The van der Waals surface area contributed by atoms with Gasteiger partial charge in [0.05, 0.1) is 5.56 Å². The van der Waals surface area contributed by atoms with Crippen LogP contribution >= 0.6 is 0 Å². The number of nitrogens with one attached hydrogen (secondary N) is 1. The van der Waals surface area contributed by atoms with Crippen molar-refractivity contribution in [2.75, 3.05) is 20.1 Å². The van der Waals surface area contributed by atoms with E-state index in [1.165, 1.54) is 0 Å². The third kappa shape index (κ3) is 2.33. The van der Waals surface area contributed by atoms with Crippen LogP contribution in [-0.2, 0) is 0 Å². The fourth-order valence-corrected chi connectivity index (χ4v) is 2.63. The summed E-state index contributed by atoms with van der Waals surface area (Å²) in [5.41, 5.74) is 1.59. The van der Waals surface area contributed by atoms with Gasteiger partial charge in [-0.05, 0) is 32.0 Å². The van der Waals surface area contributed by atoms with Crippen LogP contribution in [0.1, 0.15) is 23.2 Å². The Morgan fingerprint density at radius 3 is 3.21 bits per heavy atom. The van der Waals surface area contributed by atoms with Gasteiger partial charge in [0, 0.05) is 37.7 Å². The minimum atomic E-state index is 0.107. The Labute approximate surface area is 112 Å². The van der Waals surface area contributed by atoms with Crippen molar-refractivity contribution in [1.82, 2.24) is 19.6 Å². The van der Waals surface area contributed by atoms with Crippen LogP contribution in [0, 0.1) is 0 Å². The molecule has 1 fully saturated rings. The highest BCUT2D eigenvalue weighted by atomic mass is 16.2. The summed E-state index contributed by atoms with van der Waals surface area (Å²) in [6.07, 6.45) is 7.65. The summed E-state index contributed by atoms with van der Waals surface area (Å²) in [6, 6.07) is 4.15. The van der Waals surface area contributed by atoms with Gasteiger partial charge in [0.25, 0.3) is 5.91 Å². The number of fused-ring (bicyclic) bond motifs is 1. The molecule has 5 nitrogen and oxygen atoms in total. The molecular formula is C14H18N4O. The van der Waals surface area contributed by atoms with Gasteiger partial charge < -0.3 is 14.6 Å². The second-order valence-corrected chi connectivity index (χ2v) is 4.99. The fourth-order valence-electron chi connectivity index (χ4n) is 2.63. The normalized spacial score (nSPS) is 19.8. The van der Waals surface area contributed by atoms with Gasteiger partial charge in [-0.15, -0.1) is 0 Å². The standard InChI is InChI=1S/C14H18N4O/c1-15-12-3-2-7-18(10-12)14(19)11-4-5-13-16-6-8-17(13)9-11/h4-6,8-9,12,15H,2-3,7,10H2,1H3/t12-/m1/s1. The molecule has 2 aromatic rings. The smallest absolute Gasteiger partial charge is 0.255 e. The van der Waals surface area contributed by atoms with Crippen molar-refractivity contribution in [3.63, 3.8) is 0 Å². The quantitative estimate of drug-likeness (QED) is 0.879. The topological polar surface area (TPSA) is 49.6 Å². The number of hydrogen-bond acceptors (Lipinski definition) is 3. The number of pyridine rings is 1. The minimum Gasteiger partial charge on any atom is -0.337 e. The van der Waals surface area contributed by atoms with E-state index in [9.17, 15) is 4.79 Å². The molecule has 0 bridgehead atoms. The van der Waals surface area contributed by atoms with E-state index in [1.54, 1.807) is 6.20 Å². The first-order valence-electron chi connectivity index (χ1n) is 6.67. The maximum atomic E-state index is 12.5. The molecule has 0 spiro atoms. The zero-order valence-electron chi connectivity index (χ0n) is 11.0. The molecule has 1 amide bonds. The number of likely N-dealkylation sites (tertiary alicyclic amines) is 1. The van der Waals surface area contributed by atoms with E-state index in [0.29, 0.717) is 6.04 Å². The van der Waals surface area contributed by atoms with E-state index < -0.39 is 0 Å².